The Morgan fingerprint density at radius 1 is 1.33 bits per heavy atom. The number of hydrogen-bond acceptors (Lipinski definition) is 3. The Morgan fingerprint density at radius 3 is 1.44 bits per heavy atom. The van der Waals surface area contributed by atoms with Gasteiger partial charge >= 0.3 is 11.3 Å². The molecule has 0 unspecified atom stereocenters. The fourth-order valence-corrected chi connectivity index (χ4v) is 0. The molecule has 0 aliphatic heterocycles. The second-order valence-corrected chi connectivity index (χ2v) is 1.53. The van der Waals surface area contributed by atoms with E-state index in [1.54, 1.807) is 0 Å². The third-order valence-electron chi connectivity index (χ3n) is 0.135. The molecule has 54 valence electrons. The molecule has 4 nitrogen and oxygen atoms in total. The van der Waals surface area contributed by atoms with E-state index in [-0.39, 0.29) is 5.75 Å². The monoisotopic (exact) mass is 170 g/mol. The lowest BCUT2D eigenvalue weighted by molar-refractivity contribution is -0.133. The van der Waals surface area contributed by atoms with E-state index in [2.05, 4.69) is 25.3 Å². The van der Waals surface area contributed by atoms with Crippen molar-refractivity contribution in [1.82, 2.24) is 0 Å². The Balaban J connectivity index is 0. The van der Waals surface area contributed by atoms with Crippen molar-refractivity contribution in [1.29, 1.82) is 0 Å². The Hall–Kier alpha value is -0.360. The third kappa shape index (κ3) is 90.4. The molecule has 6 heteroatoms. The predicted molar refractivity (Wildman–Crippen MR) is 38.5 cm³/mol. The average molecular weight is 170 g/mol. The largest absolute Gasteiger partial charge is 0.481 e. The van der Waals surface area contributed by atoms with Crippen molar-refractivity contribution < 1.29 is 19.8 Å². The van der Waals surface area contributed by atoms with Crippen LogP contribution in [0.15, 0.2) is 0 Å². The minimum absolute atomic E-state index is 0.0833. The first-order chi connectivity index (χ1) is 4.00. The summed E-state index contributed by atoms with van der Waals surface area (Å²) in [4.78, 5) is 18.2. The highest BCUT2D eigenvalue weighted by molar-refractivity contribution is 7.96. The summed E-state index contributed by atoms with van der Waals surface area (Å²) in [6.45, 7) is 0. The summed E-state index contributed by atoms with van der Waals surface area (Å²) in [5, 5.41) is 13.8. The van der Waals surface area contributed by atoms with E-state index in [0.29, 0.717) is 0 Å². The van der Waals surface area contributed by atoms with E-state index in [0.717, 1.165) is 0 Å². The van der Waals surface area contributed by atoms with Crippen molar-refractivity contribution in [3.8, 4) is 0 Å². The first-order valence-corrected chi connectivity index (χ1v) is 2.83. The normalized spacial score (nSPS) is 6.89. The lowest BCUT2D eigenvalue weighted by Gasteiger charge is -1.71. The van der Waals surface area contributed by atoms with Gasteiger partial charge in [0.2, 0.25) is 0 Å². The molecule has 0 fully saturated rings. The maximum absolute atomic E-state index is 9.29. The molecule has 0 radical (unpaired) electrons. The highest BCUT2D eigenvalue weighted by Crippen LogP contribution is 1.66. The molecule has 0 atom stereocenters. The maximum Gasteiger partial charge on any atom is 0.361 e. The van der Waals surface area contributed by atoms with Gasteiger partial charge in [-0.05, 0) is 0 Å². The number of carboxylic acids is 1. The van der Waals surface area contributed by atoms with Gasteiger partial charge in [0.25, 0.3) is 0 Å². The summed E-state index contributed by atoms with van der Waals surface area (Å²) in [5.41, 5.74) is 0. The van der Waals surface area contributed by atoms with E-state index in [1.807, 2.05) is 0 Å². The van der Waals surface area contributed by atoms with Crippen molar-refractivity contribution in [2.75, 3.05) is 5.75 Å². The molecular weight excluding hydrogens is 164 g/mol. The summed E-state index contributed by atoms with van der Waals surface area (Å²) >= 11 is 6.30. The van der Waals surface area contributed by atoms with Crippen LogP contribution in [0.1, 0.15) is 0 Å². The van der Waals surface area contributed by atoms with Crippen LogP contribution in [-0.2, 0) is 4.79 Å². The number of aliphatic carboxylic acids is 1. The molecule has 0 bridgehead atoms. The van der Waals surface area contributed by atoms with Gasteiger partial charge in [-0.25, -0.2) is 4.79 Å². The third-order valence-corrected chi connectivity index (χ3v) is 0.406. The zero-order chi connectivity index (χ0) is 7.86. The molecular formula is C3H6O4S2. The van der Waals surface area contributed by atoms with E-state index in [1.165, 1.54) is 0 Å². The van der Waals surface area contributed by atoms with Crippen molar-refractivity contribution in [3.05, 3.63) is 0 Å². The standard InChI is InChI=1S/C2H4O2S.CH2O2S/c3-2(4)1-5;2-1(3)4/h5H,1H2,(H,3,4);4H,(H,2,3). The quantitative estimate of drug-likeness (QED) is 0.435. The average Bonchev–Trinajstić information content (AvgIpc) is 1.65. The first kappa shape index (κ1) is 11.4. The van der Waals surface area contributed by atoms with Gasteiger partial charge in [0.1, 0.15) is 0 Å². The number of carbonyl (C=O) groups is 2. The molecule has 0 aromatic rings. The SMILES string of the molecule is O=C(O)CS.O=C(O)S. The Bertz CT molecular complexity index is 98.0. The van der Waals surface area contributed by atoms with Gasteiger partial charge < -0.3 is 10.2 Å². The molecule has 0 aliphatic carbocycles. The van der Waals surface area contributed by atoms with Crippen molar-refractivity contribution in [3.63, 3.8) is 0 Å². The topological polar surface area (TPSA) is 74.6 Å². The molecule has 0 aliphatic rings. The molecule has 0 heterocycles. The Morgan fingerprint density at radius 2 is 1.44 bits per heavy atom. The first-order valence-electron chi connectivity index (χ1n) is 1.75. The summed E-state index contributed by atoms with van der Waals surface area (Å²) in [7, 11) is 0. The molecule has 0 aromatic carbocycles. The summed E-state index contributed by atoms with van der Waals surface area (Å²) in [5.74, 6) is -0.965. The maximum atomic E-state index is 9.29. The van der Waals surface area contributed by atoms with Gasteiger partial charge in [-0.15, -0.1) is 0 Å². The number of carboxylic acid groups (broad SMARTS) is 2. The zero-order valence-corrected chi connectivity index (χ0v) is 6.10. The molecule has 0 spiro atoms. The predicted octanol–water partition coefficient (Wildman–Crippen LogP) is 0.595. The summed E-state index contributed by atoms with van der Waals surface area (Å²) in [6.07, 6.45) is 0. The van der Waals surface area contributed by atoms with Crippen LogP contribution < -0.4 is 0 Å². The Labute approximate surface area is 62.7 Å². The van der Waals surface area contributed by atoms with Gasteiger partial charge in [0.15, 0.2) is 0 Å². The molecule has 0 amide bonds. The van der Waals surface area contributed by atoms with E-state index in [9.17, 15) is 4.79 Å². The molecule has 0 saturated heterocycles. The molecule has 0 aromatic heterocycles. The van der Waals surface area contributed by atoms with Crippen LogP contribution in [0.5, 0.6) is 0 Å². The van der Waals surface area contributed by atoms with E-state index in [4.69, 9.17) is 15.0 Å². The fraction of sp³-hybridized carbons (Fsp3) is 0.333. The van der Waals surface area contributed by atoms with Crippen LogP contribution in [0.2, 0.25) is 0 Å². The minimum Gasteiger partial charge on any atom is -0.481 e. The zero-order valence-electron chi connectivity index (χ0n) is 4.31. The molecule has 0 saturated carbocycles. The van der Waals surface area contributed by atoms with E-state index >= 15 is 0 Å². The van der Waals surface area contributed by atoms with Gasteiger partial charge in [0.05, 0.1) is 5.75 Å². The van der Waals surface area contributed by atoms with Crippen LogP contribution in [0.4, 0.5) is 4.79 Å². The Kier molecular flexibility index (Phi) is 9.71. The molecule has 2 N–H and O–H groups in total. The van der Waals surface area contributed by atoms with Crippen LogP contribution >= 0.6 is 25.3 Å². The van der Waals surface area contributed by atoms with Gasteiger partial charge in [0, 0.05) is 0 Å². The van der Waals surface area contributed by atoms with Crippen LogP contribution in [-0.4, -0.2) is 27.2 Å². The van der Waals surface area contributed by atoms with Gasteiger partial charge in [-0.1, -0.05) is 12.6 Å². The highest BCUT2D eigenvalue weighted by atomic mass is 32.1. The van der Waals surface area contributed by atoms with Gasteiger partial charge in [-0.2, -0.15) is 12.6 Å². The fourth-order valence-electron chi connectivity index (χ4n) is 0. The second-order valence-electron chi connectivity index (χ2n) is 0.834. The molecule has 9 heavy (non-hydrogen) atoms. The van der Waals surface area contributed by atoms with Crippen LogP contribution in [0, 0.1) is 0 Å². The van der Waals surface area contributed by atoms with Crippen molar-refractivity contribution in [2.24, 2.45) is 0 Å². The second kappa shape index (κ2) is 7.64. The molecule has 0 rings (SSSR count). The van der Waals surface area contributed by atoms with Crippen molar-refractivity contribution >= 4 is 36.5 Å². The summed E-state index contributed by atoms with van der Waals surface area (Å²) in [6, 6.07) is 0. The smallest absolute Gasteiger partial charge is 0.361 e. The lowest BCUT2D eigenvalue weighted by atomic mass is 10.8. The number of thiol groups is 2. The summed E-state index contributed by atoms with van der Waals surface area (Å²) < 4.78 is 0. The van der Waals surface area contributed by atoms with Crippen LogP contribution in [0.3, 0.4) is 0 Å². The highest BCUT2D eigenvalue weighted by Gasteiger charge is 1.81. The minimum atomic E-state index is -1.14. The number of hydrogen-bond donors (Lipinski definition) is 4. The van der Waals surface area contributed by atoms with E-state index < -0.39 is 11.3 Å². The lowest BCUT2D eigenvalue weighted by Crippen LogP contribution is -1.92. The number of rotatable bonds is 1. The van der Waals surface area contributed by atoms with Crippen LogP contribution in [0.25, 0.3) is 0 Å². The van der Waals surface area contributed by atoms with Gasteiger partial charge in [-0.3, -0.25) is 4.79 Å². The van der Waals surface area contributed by atoms with Crippen molar-refractivity contribution in [2.45, 2.75) is 0 Å².